The molecule has 0 aliphatic rings. The van der Waals surface area contributed by atoms with Crippen molar-refractivity contribution in [3.05, 3.63) is 58.9 Å². The van der Waals surface area contributed by atoms with Crippen molar-refractivity contribution in [2.24, 2.45) is 0 Å². The van der Waals surface area contributed by atoms with Gasteiger partial charge in [-0.1, -0.05) is 35.9 Å². The van der Waals surface area contributed by atoms with Crippen LogP contribution in [0, 0.1) is 5.82 Å². The van der Waals surface area contributed by atoms with Crippen LogP contribution >= 0.6 is 19.2 Å². The Morgan fingerprint density at radius 1 is 1.14 bits per heavy atom. The lowest BCUT2D eigenvalue weighted by atomic mass is 9.99. The van der Waals surface area contributed by atoms with Gasteiger partial charge in [0.15, 0.2) is 6.61 Å². The molecule has 0 aromatic heterocycles. The zero-order valence-electron chi connectivity index (χ0n) is 19.2. The normalized spacial score (nSPS) is 12.1. The highest BCUT2D eigenvalue weighted by atomic mass is 35.5. The molecule has 12 heteroatoms. The number of carbonyl (C=O) groups excluding carboxylic acids is 3. The van der Waals surface area contributed by atoms with Crippen molar-refractivity contribution in [1.82, 2.24) is 10.2 Å². The van der Waals surface area contributed by atoms with Gasteiger partial charge in [-0.15, -0.1) is 0 Å². The second-order valence-corrected chi connectivity index (χ2v) is 10.3. The van der Waals surface area contributed by atoms with Crippen molar-refractivity contribution in [3.63, 3.8) is 0 Å². The van der Waals surface area contributed by atoms with Crippen LogP contribution in [-0.2, 0) is 30.1 Å². The average molecular weight is 529 g/mol. The molecule has 2 amide bonds. The van der Waals surface area contributed by atoms with E-state index in [1.54, 1.807) is 24.3 Å². The minimum atomic E-state index is -4.37. The lowest BCUT2D eigenvalue weighted by Gasteiger charge is -2.19. The van der Waals surface area contributed by atoms with E-state index in [0.29, 0.717) is 21.7 Å². The van der Waals surface area contributed by atoms with Gasteiger partial charge < -0.3 is 24.7 Å². The van der Waals surface area contributed by atoms with Crippen LogP contribution in [0.5, 0.6) is 0 Å². The highest BCUT2D eigenvalue weighted by Crippen LogP contribution is 2.34. The number of carbonyl (C=O) groups is 3. The maximum absolute atomic E-state index is 14.1. The summed E-state index contributed by atoms with van der Waals surface area (Å²) >= 11 is 5.96. The van der Waals surface area contributed by atoms with Crippen LogP contribution in [0.2, 0.25) is 5.02 Å². The van der Waals surface area contributed by atoms with E-state index in [9.17, 15) is 23.3 Å². The lowest BCUT2D eigenvalue weighted by molar-refractivity contribution is -0.151. The zero-order chi connectivity index (χ0) is 26.2. The predicted molar refractivity (Wildman–Crippen MR) is 128 cm³/mol. The molecular weight excluding hydrogens is 502 g/mol. The second kappa shape index (κ2) is 12.8. The topological polar surface area (TPSA) is 133 Å². The van der Waals surface area contributed by atoms with E-state index in [4.69, 9.17) is 26.1 Å². The molecule has 0 saturated carbocycles. The largest absolute Gasteiger partial charge is 0.456 e. The number of nitrogens with zero attached hydrogens (tertiary/aromatic N) is 1. The van der Waals surface area contributed by atoms with Gasteiger partial charge in [0.05, 0.1) is 12.6 Å². The Morgan fingerprint density at radius 3 is 2.40 bits per heavy atom. The van der Waals surface area contributed by atoms with Gasteiger partial charge in [0.1, 0.15) is 5.82 Å². The van der Waals surface area contributed by atoms with Crippen molar-refractivity contribution < 1.29 is 37.9 Å². The first-order valence-electron chi connectivity index (χ1n) is 10.6. The Bertz CT molecular complexity index is 1110. The number of amides is 2. The van der Waals surface area contributed by atoms with E-state index < -0.39 is 56.4 Å². The van der Waals surface area contributed by atoms with E-state index in [1.807, 2.05) is 0 Å². The monoisotopic (exact) mass is 528 g/mol. The highest BCUT2D eigenvalue weighted by molar-refractivity contribution is 7.51. The molecular formula is C23H27ClFN2O7P. The van der Waals surface area contributed by atoms with Crippen LogP contribution in [0.1, 0.15) is 18.4 Å². The smallest absolute Gasteiger partial charge is 0.326 e. The average Bonchev–Trinajstić information content (AvgIpc) is 2.77. The molecule has 9 nitrogen and oxygen atoms in total. The first-order valence-corrected chi connectivity index (χ1v) is 12.8. The van der Waals surface area contributed by atoms with Crippen LogP contribution in [0.25, 0.3) is 11.1 Å². The number of halogens is 2. The summed E-state index contributed by atoms with van der Waals surface area (Å²) in [6.45, 7) is -0.454. The van der Waals surface area contributed by atoms with E-state index in [0.717, 1.165) is 0 Å². The summed E-state index contributed by atoms with van der Waals surface area (Å²) < 4.78 is 30.2. The summed E-state index contributed by atoms with van der Waals surface area (Å²) in [6, 6.07) is 10.2. The third-order valence-electron chi connectivity index (χ3n) is 4.94. The van der Waals surface area contributed by atoms with Crippen molar-refractivity contribution in [2.45, 2.75) is 25.3 Å². The third kappa shape index (κ3) is 10.2. The fourth-order valence-electron chi connectivity index (χ4n) is 3.08. The summed E-state index contributed by atoms with van der Waals surface area (Å²) in [7, 11) is -1.34. The van der Waals surface area contributed by atoms with Gasteiger partial charge >= 0.3 is 13.6 Å². The number of hydrogen-bond donors (Lipinski definition) is 3. The summed E-state index contributed by atoms with van der Waals surface area (Å²) in [5, 5.41) is 2.97. The first-order chi connectivity index (χ1) is 16.3. The summed E-state index contributed by atoms with van der Waals surface area (Å²) in [6.07, 6.45) is -1.15. The van der Waals surface area contributed by atoms with Crippen LogP contribution in [0.3, 0.4) is 0 Å². The van der Waals surface area contributed by atoms with Crippen molar-refractivity contribution in [1.29, 1.82) is 0 Å². The Morgan fingerprint density at radius 2 is 1.80 bits per heavy atom. The van der Waals surface area contributed by atoms with Crippen LogP contribution in [-0.4, -0.2) is 65.4 Å². The molecule has 0 saturated heterocycles. The molecule has 0 spiro atoms. The maximum Gasteiger partial charge on any atom is 0.326 e. The Labute approximate surface area is 207 Å². The summed E-state index contributed by atoms with van der Waals surface area (Å²) in [5.41, 5.74) is 1.60. The molecule has 0 heterocycles. The number of hydrogen-bond acceptors (Lipinski definition) is 5. The van der Waals surface area contributed by atoms with Crippen LogP contribution < -0.4 is 5.32 Å². The minimum Gasteiger partial charge on any atom is -0.456 e. The number of rotatable bonds is 11. The molecule has 2 aromatic rings. The maximum atomic E-state index is 14.1. The molecule has 35 heavy (non-hydrogen) atoms. The van der Waals surface area contributed by atoms with Crippen molar-refractivity contribution in [2.75, 3.05) is 26.9 Å². The summed E-state index contributed by atoms with van der Waals surface area (Å²) in [5.74, 6) is -2.22. The number of esters is 1. The molecule has 1 unspecified atom stereocenters. The number of benzene rings is 2. The van der Waals surface area contributed by atoms with E-state index >= 15 is 0 Å². The van der Waals surface area contributed by atoms with Gasteiger partial charge in [0, 0.05) is 37.1 Å². The molecule has 190 valence electrons. The molecule has 0 radical (unpaired) electrons. The standard InChI is InChI=1S/C23H27ClFN2O7P/c1-27(2)22(29)14-34-23(30)13-18(26-21(28)9-10-35(31,32)33)11-15-3-5-16(6-4-15)19-12-17(24)7-8-20(19)25/h3-8,12,18H,9-11,13-14H2,1-2H3,(H,26,28)(H2,31,32,33). The molecule has 0 fully saturated rings. The van der Waals surface area contributed by atoms with Gasteiger partial charge in [0.2, 0.25) is 5.91 Å². The SMILES string of the molecule is CN(C)C(=O)COC(=O)CC(Cc1ccc(-c2cc(Cl)ccc2F)cc1)NC(=O)CCP(=O)(O)O. The van der Waals surface area contributed by atoms with Gasteiger partial charge in [-0.25, -0.2) is 4.39 Å². The van der Waals surface area contributed by atoms with E-state index in [-0.39, 0.29) is 12.8 Å². The molecule has 0 bridgehead atoms. The first kappa shape index (κ1) is 28.5. The van der Waals surface area contributed by atoms with E-state index in [2.05, 4.69) is 5.32 Å². The van der Waals surface area contributed by atoms with Gasteiger partial charge in [0.25, 0.3) is 5.91 Å². The van der Waals surface area contributed by atoms with Gasteiger partial charge in [-0.3, -0.25) is 18.9 Å². The fourth-order valence-corrected chi connectivity index (χ4v) is 3.74. The molecule has 0 aliphatic carbocycles. The van der Waals surface area contributed by atoms with Crippen molar-refractivity contribution >= 4 is 37.0 Å². The lowest BCUT2D eigenvalue weighted by Crippen LogP contribution is -2.39. The summed E-state index contributed by atoms with van der Waals surface area (Å²) in [4.78, 5) is 55.4. The van der Waals surface area contributed by atoms with Crippen LogP contribution in [0.4, 0.5) is 4.39 Å². The Kier molecular flexibility index (Phi) is 10.4. The third-order valence-corrected chi connectivity index (χ3v) is 5.98. The quantitative estimate of drug-likeness (QED) is 0.302. The number of ether oxygens (including phenoxy) is 1. The van der Waals surface area contributed by atoms with Crippen LogP contribution in [0.15, 0.2) is 42.5 Å². The second-order valence-electron chi connectivity index (χ2n) is 8.08. The molecule has 2 aromatic carbocycles. The Hall–Kier alpha value is -2.78. The Balaban J connectivity index is 2.12. The van der Waals surface area contributed by atoms with Crippen molar-refractivity contribution in [3.8, 4) is 11.1 Å². The zero-order valence-corrected chi connectivity index (χ0v) is 20.9. The highest BCUT2D eigenvalue weighted by Gasteiger charge is 2.21. The molecule has 2 rings (SSSR count). The number of nitrogens with one attached hydrogen (secondary N) is 1. The number of likely N-dealkylation sites (N-methyl/N-ethyl adjacent to an activating group) is 1. The van der Waals surface area contributed by atoms with Gasteiger partial charge in [-0.2, -0.15) is 0 Å². The van der Waals surface area contributed by atoms with E-state index in [1.165, 1.54) is 37.2 Å². The molecule has 1 atom stereocenters. The fraction of sp³-hybridized carbons (Fsp3) is 0.348. The predicted octanol–water partition coefficient (Wildman–Crippen LogP) is 2.76. The molecule has 3 N–H and O–H groups in total. The minimum absolute atomic E-state index is 0.177. The van der Waals surface area contributed by atoms with Gasteiger partial charge in [-0.05, 0) is 35.7 Å². The molecule has 0 aliphatic heterocycles.